The van der Waals surface area contributed by atoms with E-state index in [4.69, 9.17) is 0 Å². The fourth-order valence-corrected chi connectivity index (χ4v) is 2.89. The van der Waals surface area contributed by atoms with E-state index in [9.17, 15) is 0 Å². The molecule has 18 heavy (non-hydrogen) atoms. The zero-order chi connectivity index (χ0) is 12.9. The monoisotopic (exact) mass is 241 g/mol. The van der Waals surface area contributed by atoms with E-state index >= 15 is 0 Å². The molecule has 0 atom stereocenters. The van der Waals surface area contributed by atoms with Crippen molar-refractivity contribution in [2.75, 3.05) is 18.5 Å². The van der Waals surface area contributed by atoms with E-state index in [1.165, 1.54) is 16.9 Å². The zero-order valence-electron chi connectivity index (χ0n) is 11.4. The lowest BCUT2D eigenvalue weighted by Crippen LogP contribution is -2.24. The summed E-state index contributed by atoms with van der Waals surface area (Å²) in [4.78, 5) is 6.62. The van der Waals surface area contributed by atoms with Crippen molar-refractivity contribution in [1.82, 2.24) is 9.55 Å². The quantitative estimate of drug-likeness (QED) is 0.765. The Hall–Kier alpha value is -1.77. The average Bonchev–Trinajstić information content (AvgIpc) is 2.82. The largest absolute Gasteiger partial charge is 0.373 e. The number of rotatable bonds is 1. The standard InChI is InChI=1S/C15H19N3/c1-11-8-18(10-16-11)12-5-6-13-14(7-12)17(4)9-15(13,2)3/h5-8,10H,9H2,1-4H3. The summed E-state index contributed by atoms with van der Waals surface area (Å²) in [6.07, 6.45) is 3.93. The predicted molar refractivity (Wildman–Crippen MR) is 74.6 cm³/mol. The molecule has 0 bridgehead atoms. The Morgan fingerprint density at radius 2 is 2.06 bits per heavy atom. The third-order valence-corrected chi connectivity index (χ3v) is 3.76. The minimum atomic E-state index is 0.244. The van der Waals surface area contributed by atoms with Gasteiger partial charge in [-0.15, -0.1) is 0 Å². The molecule has 3 nitrogen and oxygen atoms in total. The second kappa shape index (κ2) is 3.61. The Balaban J connectivity index is 2.10. The number of fused-ring (bicyclic) bond motifs is 1. The van der Waals surface area contributed by atoms with Crippen LogP contribution in [0.2, 0.25) is 0 Å². The van der Waals surface area contributed by atoms with Crippen LogP contribution in [0, 0.1) is 6.92 Å². The molecule has 94 valence electrons. The van der Waals surface area contributed by atoms with Crippen LogP contribution in [0.3, 0.4) is 0 Å². The Kier molecular flexibility index (Phi) is 2.27. The minimum Gasteiger partial charge on any atom is -0.373 e. The van der Waals surface area contributed by atoms with Crippen LogP contribution in [0.15, 0.2) is 30.7 Å². The van der Waals surface area contributed by atoms with Crippen LogP contribution in [-0.4, -0.2) is 23.1 Å². The first-order valence-electron chi connectivity index (χ1n) is 6.34. The van der Waals surface area contributed by atoms with Gasteiger partial charge in [-0.1, -0.05) is 19.9 Å². The summed E-state index contributed by atoms with van der Waals surface area (Å²) in [6.45, 7) is 7.70. The molecule has 2 aromatic rings. The first-order valence-corrected chi connectivity index (χ1v) is 6.34. The van der Waals surface area contributed by atoms with Gasteiger partial charge in [0.15, 0.2) is 0 Å². The Morgan fingerprint density at radius 1 is 1.28 bits per heavy atom. The lowest BCUT2D eigenvalue weighted by molar-refractivity contribution is 0.563. The van der Waals surface area contributed by atoms with E-state index in [-0.39, 0.29) is 5.41 Å². The first-order chi connectivity index (χ1) is 8.47. The maximum atomic E-state index is 4.28. The maximum absolute atomic E-state index is 4.28. The summed E-state index contributed by atoms with van der Waals surface area (Å²) in [6, 6.07) is 6.69. The number of imidazole rings is 1. The van der Waals surface area contributed by atoms with Crippen molar-refractivity contribution in [3.05, 3.63) is 42.0 Å². The Labute approximate surface area is 108 Å². The molecular formula is C15H19N3. The van der Waals surface area contributed by atoms with Crippen molar-refractivity contribution in [3.8, 4) is 5.69 Å². The van der Waals surface area contributed by atoms with Gasteiger partial charge >= 0.3 is 0 Å². The molecule has 2 heterocycles. The van der Waals surface area contributed by atoms with Gasteiger partial charge in [-0.2, -0.15) is 0 Å². The van der Waals surface area contributed by atoms with Crippen molar-refractivity contribution < 1.29 is 0 Å². The van der Waals surface area contributed by atoms with Gasteiger partial charge in [-0.3, -0.25) is 0 Å². The number of hydrogen-bond acceptors (Lipinski definition) is 2. The lowest BCUT2D eigenvalue weighted by Gasteiger charge is -2.18. The number of benzene rings is 1. The van der Waals surface area contributed by atoms with Crippen molar-refractivity contribution in [3.63, 3.8) is 0 Å². The van der Waals surface area contributed by atoms with Crippen LogP contribution in [0.1, 0.15) is 25.1 Å². The molecule has 3 rings (SSSR count). The molecule has 1 aromatic carbocycles. The molecule has 0 radical (unpaired) electrons. The fourth-order valence-electron chi connectivity index (χ4n) is 2.89. The molecule has 0 saturated carbocycles. The van der Waals surface area contributed by atoms with Crippen LogP contribution in [0.5, 0.6) is 0 Å². The van der Waals surface area contributed by atoms with Crippen molar-refractivity contribution in [2.45, 2.75) is 26.2 Å². The molecule has 1 aliphatic heterocycles. The van der Waals surface area contributed by atoms with Gasteiger partial charge in [-0.05, 0) is 24.6 Å². The molecule has 0 amide bonds. The van der Waals surface area contributed by atoms with E-state index in [0.717, 1.165) is 12.2 Å². The Bertz CT molecular complexity index is 596. The first kappa shape index (κ1) is 11.3. The minimum absolute atomic E-state index is 0.244. The van der Waals surface area contributed by atoms with Crippen LogP contribution >= 0.6 is 0 Å². The van der Waals surface area contributed by atoms with E-state index < -0.39 is 0 Å². The fraction of sp³-hybridized carbons (Fsp3) is 0.400. The summed E-state index contributed by atoms with van der Waals surface area (Å²) < 4.78 is 2.08. The number of anilines is 1. The predicted octanol–water partition coefficient (Wildman–Crippen LogP) is 2.91. The molecule has 1 aromatic heterocycles. The molecular weight excluding hydrogens is 222 g/mol. The zero-order valence-corrected chi connectivity index (χ0v) is 11.4. The summed E-state index contributed by atoms with van der Waals surface area (Å²) >= 11 is 0. The second-order valence-electron chi connectivity index (χ2n) is 5.86. The molecule has 0 aliphatic carbocycles. The third-order valence-electron chi connectivity index (χ3n) is 3.76. The van der Waals surface area contributed by atoms with Gasteiger partial charge in [0.2, 0.25) is 0 Å². The molecule has 0 fully saturated rings. The van der Waals surface area contributed by atoms with Crippen LogP contribution in [-0.2, 0) is 5.41 Å². The van der Waals surface area contributed by atoms with E-state index in [1.54, 1.807) is 0 Å². The summed E-state index contributed by atoms with van der Waals surface area (Å²) in [5, 5.41) is 0. The van der Waals surface area contributed by atoms with Gasteiger partial charge < -0.3 is 9.47 Å². The highest BCUT2D eigenvalue weighted by Crippen LogP contribution is 2.40. The van der Waals surface area contributed by atoms with Crippen LogP contribution < -0.4 is 4.90 Å². The smallest absolute Gasteiger partial charge is 0.0995 e. The topological polar surface area (TPSA) is 21.1 Å². The number of hydrogen-bond donors (Lipinski definition) is 0. The molecule has 1 aliphatic rings. The number of nitrogens with zero attached hydrogens (tertiary/aromatic N) is 3. The summed E-state index contributed by atoms with van der Waals surface area (Å²) in [7, 11) is 2.16. The van der Waals surface area contributed by atoms with E-state index in [1.807, 2.05) is 13.3 Å². The van der Waals surface area contributed by atoms with E-state index in [2.05, 4.69) is 59.7 Å². The maximum Gasteiger partial charge on any atom is 0.0995 e. The molecule has 0 saturated heterocycles. The molecule has 0 unspecified atom stereocenters. The highest BCUT2D eigenvalue weighted by Gasteiger charge is 2.33. The van der Waals surface area contributed by atoms with Crippen LogP contribution in [0.4, 0.5) is 5.69 Å². The van der Waals surface area contributed by atoms with Gasteiger partial charge in [0.1, 0.15) is 0 Å². The molecule has 0 N–H and O–H groups in total. The SMILES string of the molecule is Cc1cn(-c2ccc3c(c2)N(C)CC3(C)C)cn1. The summed E-state index contributed by atoms with van der Waals surface area (Å²) in [5.41, 5.74) is 5.24. The highest BCUT2D eigenvalue weighted by atomic mass is 15.1. The third kappa shape index (κ3) is 1.62. The summed E-state index contributed by atoms with van der Waals surface area (Å²) in [5.74, 6) is 0. The van der Waals surface area contributed by atoms with Crippen molar-refractivity contribution in [1.29, 1.82) is 0 Å². The lowest BCUT2D eigenvalue weighted by atomic mass is 9.87. The number of likely N-dealkylation sites (N-methyl/N-ethyl adjacent to an activating group) is 1. The number of aromatic nitrogens is 2. The number of aryl methyl sites for hydroxylation is 1. The second-order valence-corrected chi connectivity index (χ2v) is 5.86. The Morgan fingerprint density at radius 3 is 2.72 bits per heavy atom. The average molecular weight is 241 g/mol. The van der Waals surface area contributed by atoms with Crippen LogP contribution in [0.25, 0.3) is 5.69 Å². The van der Waals surface area contributed by atoms with Gasteiger partial charge in [0.25, 0.3) is 0 Å². The highest BCUT2D eigenvalue weighted by molar-refractivity contribution is 5.65. The van der Waals surface area contributed by atoms with Gasteiger partial charge in [-0.25, -0.2) is 4.98 Å². The van der Waals surface area contributed by atoms with Crippen molar-refractivity contribution >= 4 is 5.69 Å². The van der Waals surface area contributed by atoms with Gasteiger partial charge in [0.05, 0.1) is 12.0 Å². The van der Waals surface area contributed by atoms with Gasteiger partial charge in [0, 0.05) is 36.6 Å². The molecule has 3 heteroatoms. The normalized spacial score (nSPS) is 17.0. The van der Waals surface area contributed by atoms with Crippen molar-refractivity contribution in [2.24, 2.45) is 0 Å². The molecule has 0 spiro atoms. The van der Waals surface area contributed by atoms with E-state index in [0.29, 0.717) is 0 Å².